The van der Waals surface area contributed by atoms with Gasteiger partial charge >= 0.3 is 0 Å². The van der Waals surface area contributed by atoms with Gasteiger partial charge in [0.2, 0.25) is 0 Å². The molecule has 1 aliphatic heterocycles. The quantitative estimate of drug-likeness (QED) is 0.871. The van der Waals surface area contributed by atoms with E-state index in [-0.39, 0.29) is 5.25 Å². The lowest BCUT2D eigenvalue weighted by Gasteiger charge is -2.20. The monoisotopic (exact) mass is 280 g/mol. The molecule has 0 spiro atoms. The average Bonchev–Trinajstić information content (AvgIpc) is 2.61. The van der Waals surface area contributed by atoms with Crippen molar-refractivity contribution in [2.75, 3.05) is 24.7 Å². The Morgan fingerprint density at radius 1 is 1.47 bits per heavy atom. The molecule has 0 bridgehead atoms. The van der Waals surface area contributed by atoms with Crippen LogP contribution >= 0.6 is 0 Å². The summed E-state index contributed by atoms with van der Waals surface area (Å²) in [5.74, 6) is 0. The molecule has 0 aromatic heterocycles. The van der Waals surface area contributed by atoms with E-state index in [1.54, 1.807) is 6.26 Å². The van der Waals surface area contributed by atoms with Crippen LogP contribution in [0.15, 0.2) is 24.3 Å². The topological polar surface area (TPSA) is 41.1 Å². The van der Waals surface area contributed by atoms with E-state index >= 15 is 0 Å². The maximum absolute atomic E-state index is 11.4. The lowest BCUT2D eigenvalue weighted by atomic mass is 10.0. The van der Waals surface area contributed by atoms with Gasteiger partial charge in [0, 0.05) is 40.6 Å². The maximum atomic E-state index is 11.4. The maximum Gasteiger partial charge on any atom is 0.0388 e. The van der Waals surface area contributed by atoms with Crippen molar-refractivity contribution in [1.29, 1.82) is 0 Å². The molecule has 0 saturated heterocycles. The van der Waals surface area contributed by atoms with E-state index in [4.69, 9.17) is 0 Å². The molecule has 3 unspecified atom stereocenters. The predicted octanol–water partition coefficient (Wildman–Crippen LogP) is 2.68. The van der Waals surface area contributed by atoms with E-state index in [9.17, 15) is 4.21 Å². The third-order valence-corrected chi connectivity index (χ3v) is 5.20. The number of nitrogens with one attached hydrogen (secondary N) is 2. The number of para-hydroxylation sites is 1. The van der Waals surface area contributed by atoms with Crippen LogP contribution in [0.3, 0.4) is 0 Å². The fourth-order valence-corrected chi connectivity index (χ4v) is 2.94. The number of hydrogen-bond donors (Lipinski definition) is 2. The zero-order valence-corrected chi connectivity index (χ0v) is 12.6. The molecule has 0 fully saturated rings. The van der Waals surface area contributed by atoms with Crippen molar-refractivity contribution >= 4 is 16.5 Å². The highest BCUT2D eigenvalue weighted by Gasteiger charge is 2.17. The molecule has 1 aromatic rings. The minimum atomic E-state index is -0.718. The molecule has 0 saturated carbocycles. The van der Waals surface area contributed by atoms with Crippen molar-refractivity contribution in [3.05, 3.63) is 29.8 Å². The fraction of sp³-hybridized carbons (Fsp3) is 0.600. The Bertz CT molecular complexity index is 436. The molecule has 19 heavy (non-hydrogen) atoms. The van der Waals surface area contributed by atoms with Crippen LogP contribution in [-0.2, 0) is 10.8 Å². The first-order valence-electron chi connectivity index (χ1n) is 7.07. The molecular weight excluding hydrogens is 256 g/mol. The first kappa shape index (κ1) is 14.5. The van der Waals surface area contributed by atoms with Gasteiger partial charge in [-0.1, -0.05) is 25.1 Å². The minimum absolute atomic E-state index is 0.270. The number of hydrogen-bond acceptors (Lipinski definition) is 3. The summed E-state index contributed by atoms with van der Waals surface area (Å²) in [4.78, 5) is 0. The molecule has 3 nitrogen and oxygen atoms in total. The standard InChI is InChI=1S/C15H24N2OS/c1-12(19(2)18)9-11-17-15-8-5-10-16-14-7-4-3-6-13(14)15/h3-4,6-7,12,15-17H,5,8-11H2,1-2H3. The highest BCUT2D eigenvalue weighted by Crippen LogP contribution is 2.28. The van der Waals surface area contributed by atoms with Crippen LogP contribution in [0.2, 0.25) is 0 Å². The van der Waals surface area contributed by atoms with Crippen molar-refractivity contribution in [3.8, 4) is 0 Å². The Morgan fingerprint density at radius 2 is 2.26 bits per heavy atom. The number of rotatable bonds is 5. The van der Waals surface area contributed by atoms with Crippen LogP contribution in [0.1, 0.15) is 37.8 Å². The fourth-order valence-electron chi connectivity index (χ4n) is 2.49. The summed E-state index contributed by atoms with van der Waals surface area (Å²) < 4.78 is 11.4. The molecule has 3 atom stereocenters. The predicted molar refractivity (Wildman–Crippen MR) is 83.1 cm³/mol. The summed E-state index contributed by atoms with van der Waals surface area (Å²) in [6.45, 7) is 4.03. The van der Waals surface area contributed by atoms with Gasteiger partial charge in [-0.05, 0) is 37.4 Å². The van der Waals surface area contributed by atoms with Crippen molar-refractivity contribution in [3.63, 3.8) is 0 Å². The van der Waals surface area contributed by atoms with Crippen LogP contribution in [0.25, 0.3) is 0 Å². The lowest BCUT2D eigenvalue weighted by molar-refractivity contribution is 0.490. The first-order valence-corrected chi connectivity index (χ1v) is 8.69. The zero-order chi connectivity index (χ0) is 13.7. The third-order valence-electron chi connectivity index (χ3n) is 3.83. The van der Waals surface area contributed by atoms with Crippen molar-refractivity contribution in [2.24, 2.45) is 0 Å². The van der Waals surface area contributed by atoms with Gasteiger partial charge in [0.1, 0.15) is 0 Å². The molecule has 1 heterocycles. The van der Waals surface area contributed by atoms with Gasteiger partial charge in [0.05, 0.1) is 0 Å². The summed E-state index contributed by atoms with van der Waals surface area (Å²) in [5, 5.41) is 7.38. The van der Waals surface area contributed by atoms with E-state index in [1.165, 1.54) is 17.7 Å². The van der Waals surface area contributed by atoms with Crippen molar-refractivity contribution in [2.45, 2.75) is 37.5 Å². The Balaban J connectivity index is 1.95. The molecule has 0 amide bonds. The van der Waals surface area contributed by atoms with E-state index in [0.29, 0.717) is 6.04 Å². The van der Waals surface area contributed by atoms with Gasteiger partial charge in [-0.3, -0.25) is 4.21 Å². The second-order valence-electron chi connectivity index (χ2n) is 5.26. The summed E-state index contributed by atoms with van der Waals surface area (Å²) in [6.07, 6.45) is 5.10. The van der Waals surface area contributed by atoms with Gasteiger partial charge in [-0.15, -0.1) is 0 Å². The van der Waals surface area contributed by atoms with Crippen molar-refractivity contribution < 1.29 is 4.21 Å². The van der Waals surface area contributed by atoms with Crippen molar-refractivity contribution in [1.82, 2.24) is 5.32 Å². The van der Waals surface area contributed by atoms with Crippen LogP contribution in [0.4, 0.5) is 5.69 Å². The van der Waals surface area contributed by atoms with Crippen LogP contribution in [-0.4, -0.2) is 28.8 Å². The molecule has 2 N–H and O–H groups in total. The number of benzene rings is 1. The zero-order valence-electron chi connectivity index (χ0n) is 11.8. The second-order valence-corrected chi connectivity index (χ2v) is 7.06. The largest absolute Gasteiger partial charge is 0.385 e. The summed E-state index contributed by atoms with van der Waals surface area (Å²) in [7, 11) is -0.718. The molecule has 1 aliphatic rings. The Hall–Kier alpha value is -0.870. The Kier molecular flexibility index (Phi) is 5.40. The highest BCUT2D eigenvalue weighted by atomic mass is 32.2. The van der Waals surface area contributed by atoms with Crippen LogP contribution in [0, 0.1) is 0 Å². The normalized spacial score (nSPS) is 21.9. The molecule has 4 heteroatoms. The number of fused-ring (bicyclic) bond motifs is 1. The molecule has 1 aromatic carbocycles. The minimum Gasteiger partial charge on any atom is -0.385 e. The SMILES string of the molecule is CC(CCNC1CCCNc2ccccc21)S(C)=O. The van der Waals surface area contributed by atoms with E-state index in [1.807, 2.05) is 0 Å². The Morgan fingerprint density at radius 3 is 3.05 bits per heavy atom. The Labute approximate surface area is 118 Å². The molecular formula is C15H24N2OS. The first-order chi connectivity index (χ1) is 9.18. The van der Waals surface area contributed by atoms with E-state index < -0.39 is 10.8 Å². The highest BCUT2D eigenvalue weighted by molar-refractivity contribution is 7.84. The average molecular weight is 280 g/mol. The molecule has 0 radical (unpaired) electrons. The summed E-state index contributed by atoms with van der Waals surface area (Å²) in [5.41, 5.74) is 2.62. The van der Waals surface area contributed by atoms with Gasteiger partial charge in [0.25, 0.3) is 0 Å². The lowest BCUT2D eigenvalue weighted by Crippen LogP contribution is -2.25. The summed E-state index contributed by atoms with van der Waals surface area (Å²) in [6, 6.07) is 8.95. The van der Waals surface area contributed by atoms with E-state index in [0.717, 1.165) is 25.9 Å². The van der Waals surface area contributed by atoms with Gasteiger partial charge in [-0.25, -0.2) is 0 Å². The summed E-state index contributed by atoms with van der Waals surface area (Å²) >= 11 is 0. The van der Waals surface area contributed by atoms with E-state index in [2.05, 4.69) is 41.8 Å². The molecule has 0 aliphatic carbocycles. The molecule has 106 valence electrons. The molecule has 2 rings (SSSR count). The van der Waals surface area contributed by atoms with Gasteiger partial charge in [-0.2, -0.15) is 0 Å². The van der Waals surface area contributed by atoms with Gasteiger partial charge < -0.3 is 10.6 Å². The third kappa shape index (κ3) is 4.05. The van der Waals surface area contributed by atoms with Crippen LogP contribution in [0.5, 0.6) is 0 Å². The number of anilines is 1. The second kappa shape index (κ2) is 7.06. The van der Waals surface area contributed by atoms with Gasteiger partial charge in [0.15, 0.2) is 0 Å². The van der Waals surface area contributed by atoms with Crippen LogP contribution < -0.4 is 10.6 Å². The smallest absolute Gasteiger partial charge is 0.0388 e.